The quantitative estimate of drug-likeness (QED) is 0.517. The fourth-order valence-electron chi connectivity index (χ4n) is 1.47. The van der Waals surface area contributed by atoms with Crippen LogP contribution in [0.4, 0.5) is 0 Å². The van der Waals surface area contributed by atoms with Gasteiger partial charge >= 0.3 is 0 Å². The molecular weight excluding hydrogens is 406 g/mol. The topological polar surface area (TPSA) is 34.1 Å². The molecule has 2 aromatic carbocycles. The van der Waals surface area contributed by atoms with Gasteiger partial charge in [-0.25, -0.2) is 0 Å². The van der Waals surface area contributed by atoms with E-state index in [1.165, 1.54) is 24.3 Å². The van der Waals surface area contributed by atoms with Crippen LogP contribution < -0.4 is 0 Å². The van der Waals surface area contributed by atoms with E-state index in [-0.39, 0.29) is 31.4 Å². The van der Waals surface area contributed by atoms with Crippen LogP contribution in [0.1, 0.15) is 20.7 Å². The summed E-state index contributed by atoms with van der Waals surface area (Å²) in [6.07, 6.45) is 0. The summed E-state index contributed by atoms with van der Waals surface area (Å²) >= 11 is 23.6. The lowest BCUT2D eigenvalue weighted by atomic mass is 10.2. The van der Waals surface area contributed by atoms with Gasteiger partial charge < -0.3 is 0 Å². The minimum absolute atomic E-state index is 0.247. The second-order valence-electron chi connectivity index (χ2n) is 3.99. The number of hydrogen-bond donors (Lipinski definition) is 0. The number of hydrogen-bond acceptors (Lipinski definition) is 4. The van der Waals surface area contributed by atoms with E-state index in [1.807, 2.05) is 0 Å². The second kappa shape index (κ2) is 7.95. The zero-order valence-electron chi connectivity index (χ0n) is 10.6. The third-order valence-electron chi connectivity index (χ3n) is 2.49. The minimum atomic E-state index is -0.371. The Morgan fingerprint density at radius 2 is 1.05 bits per heavy atom. The zero-order valence-corrected chi connectivity index (χ0v) is 15.3. The van der Waals surface area contributed by atoms with Crippen LogP contribution in [0.15, 0.2) is 36.4 Å². The van der Waals surface area contributed by atoms with Crippen LogP contribution >= 0.6 is 68.0 Å². The van der Waals surface area contributed by atoms with Crippen LogP contribution in [-0.2, 0) is 0 Å². The van der Waals surface area contributed by atoms with Crippen LogP contribution in [0, 0.1) is 0 Å². The van der Waals surface area contributed by atoms with E-state index in [0.717, 1.165) is 21.6 Å². The van der Waals surface area contributed by atoms with Crippen LogP contribution in [0.3, 0.4) is 0 Å². The Hall–Kier alpha value is -0.360. The molecular formula is C14H6Cl4O2S2. The van der Waals surface area contributed by atoms with E-state index in [0.29, 0.717) is 10.0 Å². The van der Waals surface area contributed by atoms with E-state index >= 15 is 0 Å². The normalized spacial score (nSPS) is 10.5. The molecule has 0 radical (unpaired) electrons. The predicted octanol–water partition coefficient (Wildman–Crippen LogP) is 6.66. The summed E-state index contributed by atoms with van der Waals surface area (Å²) in [5.74, 6) is 0. The average molecular weight is 412 g/mol. The molecule has 0 heterocycles. The largest absolute Gasteiger partial charge is 0.281 e. The van der Waals surface area contributed by atoms with Gasteiger partial charge in [0.2, 0.25) is 10.2 Å². The lowest BCUT2D eigenvalue weighted by molar-refractivity contribution is 0.107. The van der Waals surface area contributed by atoms with Gasteiger partial charge in [0.25, 0.3) is 0 Å². The molecule has 0 saturated carbocycles. The maximum atomic E-state index is 12.1. The number of benzene rings is 2. The van der Waals surface area contributed by atoms with E-state index in [4.69, 9.17) is 46.4 Å². The monoisotopic (exact) mass is 410 g/mol. The fraction of sp³-hybridized carbons (Fsp3) is 0. The maximum absolute atomic E-state index is 12.1. The molecule has 0 spiro atoms. The SMILES string of the molecule is O=C(SSC(=O)c1cc(Cl)ccc1Cl)c1cc(Cl)ccc1Cl. The highest BCUT2D eigenvalue weighted by atomic mass is 35.5. The summed E-state index contributed by atoms with van der Waals surface area (Å²) in [5, 5.41) is 0.588. The van der Waals surface area contributed by atoms with Crippen LogP contribution in [0.5, 0.6) is 0 Å². The zero-order chi connectivity index (χ0) is 16.3. The Labute approximate surface area is 154 Å². The van der Waals surface area contributed by atoms with Gasteiger partial charge in [0, 0.05) is 21.2 Å². The Morgan fingerprint density at radius 1 is 0.682 bits per heavy atom. The summed E-state index contributed by atoms with van der Waals surface area (Å²) in [5.41, 5.74) is 0.494. The molecule has 0 bridgehead atoms. The molecule has 8 heteroatoms. The molecule has 0 unspecified atom stereocenters. The van der Waals surface area contributed by atoms with Crippen molar-refractivity contribution >= 4 is 78.2 Å². The van der Waals surface area contributed by atoms with Gasteiger partial charge in [-0.2, -0.15) is 0 Å². The van der Waals surface area contributed by atoms with Crippen molar-refractivity contribution in [3.63, 3.8) is 0 Å². The first-order valence-corrected chi connectivity index (χ1v) is 9.38. The highest BCUT2D eigenvalue weighted by Crippen LogP contribution is 2.34. The predicted molar refractivity (Wildman–Crippen MR) is 96.8 cm³/mol. The fourth-order valence-corrected chi connectivity index (χ4v) is 4.00. The molecule has 2 rings (SSSR count). The minimum Gasteiger partial charge on any atom is -0.281 e. The molecule has 0 N–H and O–H groups in total. The molecule has 0 aliphatic carbocycles. The molecule has 0 saturated heterocycles. The summed E-state index contributed by atoms with van der Waals surface area (Å²) in [4.78, 5) is 24.2. The number of rotatable bonds is 2. The third kappa shape index (κ3) is 4.57. The highest BCUT2D eigenvalue weighted by molar-refractivity contribution is 8.87. The first-order chi connectivity index (χ1) is 10.4. The van der Waals surface area contributed by atoms with Crippen molar-refractivity contribution in [2.24, 2.45) is 0 Å². The summed E-state index contributed by atoms with van der Waals surface area (Å²) in [6.45, 7) is 0. The van der Waals surface area contributed by atoms with E-state index < -0.39 is 0 Å². The molecule has 114 valence electrons. The van der Waals surface area contributed by atoms with Crippen LogP contribution in [0.25, 0.3) is 0 Å². The van der Waals surface area contributed by atoms with Gasteiger partial charge in [-0.1, -0.05) is 46.4 Å². The summed E-state index contributed by atoms with van der Waals surface area (Å²) < 4.78 is 0. The molecule has 2 aromatic rings. The van der Waals surface area contributed by atoms with Crippen molar-refractivity contribution in [3.05, 3.63) is 67.6 Å². The average Bonchev–Trinajstić information content (AvgIpc) is 2.49. The first-order valence-electron chi connectivity index (χ1n) is 5.72. The van der Waals surface area contributed by atoms with Crippen molar-refractivity contribution in [3.8, 4) is 0 Å². The Morgan fingerprint density at radius 3 is 1.41 bits per heavy atom. The van der Waals surface area contributed by atoms with E-state index in [1.54, 1.807) is 12.1 Å². The van der Waals surface area contributed by atoms with Gasteiger partial charge in [-0.15, -0.1) is 0 Å². The van der Waals surface area contributed by atoms with Crippen LogP contribution in [0.2, 0.25) is 20.1 Å². The van der Waals surface area contributed by atoms with Gasteiger partial charge in [-0.05, 0) is 58.0 Å². The lowest BCUT2D eigenvalue weighted by Gasteiger charge is -2.04. The number of carbonyl (C=O) groups is 2. The smallest absolute Gasteiger partial charge is 0.231 e. The Bertz CT molecular complexity index is 686. The molecule has 0 amide bonds. The van der Waals surface area contributed by atoms with Crippen molar-refractivity contribution in [2.75, 3.05) is 0 Å². The molecule has 0 aliphatic heterocycles. The Kier molecular flexibility index (Phi) is 6.50. The highest BCUT2D eigenvalue weighted by Gasteiger charge is 2.17. The van der Waals surface area contributed by atoms with Crippen molar-refractivity contribution in [1.82, 2.24) is 0 Å². The van der Waals surface area contributed by atoms with Gasteiger partial charge in [0.15, 0.2) is 0 Å². The molecule has 0 fully saturated rings. The van der Waals surface area contributed by atoms with E-state index in [2.05, 4.69) is 0 Å². The van der Waals surface area contributed by atoms with Crippen LogP contribution in [-0.4, -0.2) is 10.2 Å². The second-order valence-corrected chi connectivity index (χ2v) is 7.75. The molecule has 0 aromatic heterocycles. The number of halogens is 4. The summed E-state index contributed by atoms with van der Waals surface area (Å²) in [6, 6.07) is 9.12. The Balaban J connectivity index is 2.09. The standard InChI is InChI=1S/C14H6Cl4O2S2/c15-7-1-3-11(17)9(5-7)13(19)21-22-14(20)10-6-8(16)2-4-12(10)18/h1-6H. The van der Waals surface area contributed by atoms with Gasteiger partial charge in [-0.3, -0.25) is 9.59 Å². The molecule has 2 nitrogen and oxygen atoms in total. The van der Waals surface area contributed by atoms with E-state index in [9.17, 15) is 9.59 Å². The van der Waals surface area contributed by atoms with Gasteiger partial charge in [0.1, 0.15) is 0 Å². The van der Waals surface area contributed by atoms with Crippen molar-refractivity contribution in [1.29, 1.82) is 0 Å². The number of carbonyl (C=O) groups excluding carboxylic acids is 2. The third-order valence-corrected chi connectivity index (χ3v) is 5.60. The maximum Gasteiger partial charge on any atom is 0.231 e. The van der Waals surface area contributed by atoms with Gasteiger partial charge in [0.05, 0.1) is 10.0 Å². The molecule has 22 heavy (non-hydrogen) atoms. The molecule has 0 atom stereocenters. The molecule has 0 aliphatic rings. The van der Waals surface area contributed by atoms with Crippen molar-refractivity contribution in [2.45, 2.75) is 0 Å². The first kappa shape index (κ1) is 18.0. The lowest BCUT2D eigenvalue weighted by Crippen LogP contribution is -1.97. The summed E-state index contributed by atoms with van der Waals surface area (Å²) in [7, 11) is 1.51. The van der Waals surface area contributed by atoms with Crippen molar-refractivity contribution < 1.29 is 9.59 Å².